The third-order valence-corrected chi connectivity index (χ3v) is 3.63. The summed E-state index contributed by atoms with van der Waals surface area (Å²) in [4.78, 5) is 11.3. The highest BCUT2D eigenvalue weighted by molar-refractivity contribution is 7.20. The zero-order valence-electron chi connectivity index (χ0n) is 10.8. The van der Waals surface area contributed by atoms with Crippen molar-refractivity contribution in [2.75, 3.05) is 26.3 Å². The normalized spacial score (nSPS) is 10.7. The molecule has 108 valence electrons. The molecule has 0 saturated carbocycles. The van der Waals surface area contributed by atoms with E-state index in [1.165, 1.54) is 11.3 Å². The molecule has 0 unspecified atom stereocenters. The lowest BCUT2D eigenvalue weighted by molar-refractivity contribution is 0.0702. The van der Waals surface area contributed by atoms with Crippen molar-refractivity contribution in [2.24, 2.45) is 11.5 Å². The largest absolute Gasteiger partial charge is 0.488 e. The van der Waals surface area contributed by atoms with Crippen LogP contribution in [0.1, 0.15) is 9.67 Å². The number of rotatable bonds is 7. The van der Waals surface area contributed by atoms with Gasteiger partial charge in [-0.2, -0.15) is 0 Å². The summed E-state index contributed by atoms with van der Waals surface area (Å²) >= 11 is 1.19. The standard InChI is InChI=1S/C13H16N2O4S/c14-1-3-18-9-5-8-6-12(13(16)17)20-11(8)7-10(9)19-4-2-15/h5-7H,1-4,14-15H2,(H,16,17). The summed E-state index contributed by atoms with van der Waals surface area (Å²) < 4.78 is 11.9. The van der Waals surface area contributed by atoms with Gasteiger partial charge in [-0.1, -0.05) is 0 Å². The Morgan fingerprint density at radius 3 is 2.25 bits per heavy atom. The van der Waals surface area contributed by atoms with Gasteiger partial charge in [-0.15, -0.1) is 11.3 Å². The van der Waals surface area contributed by atoms with Gasteiger partial charge in [-0.05, 0) is 17.5 Å². The molecular formula is C13H16N2O4S. The van der Waals surface area contributed by atoms with Gasteiger partial charge in [0.25, 0.3) is 0 Å². The van der Waals surface area contributed by atoms with Crippen molar-refractivity contribution in [3.05, 3.63) is 23.1 Å². The highest BCUT2D eigenvalue weighted by Gasteiger charge is 2.13. The molecule has 5 N–H and O–H groups in total. The summed E-state index contributed by atoms with van der Waals surface area (Å²) in [7, 11) is 0. The Morgan fingerprint density at radius 1 is 1.10 bits per heavy atom. The van der Waals surface area contributed by atoms with Crippen LogP contribution in [0.5, 0.6) is 11.5 Å². The molecule has 0 fully saturated rings. The predicted molar refractivity (Wildman–Crippen MR) is 77.9 cm³/mol. The lowest BCUT2D eigenvalue weighted by atomic mass is 10.2. The molecule has 6 nitrogen and oxygen atoms in total. The van der Waals surface area contributed by atoms with Gasteiger partial charge in [-0.3, -0.25) is 0 Å². The molecule has 0 bridgehead atoms. The number of aromatic carboxylic acids is 1. The first kappa shape index (κ1) is 14.6. The molecule has 0 spiro atoms. The molecule has 0 atom stereocenters. The number of nitrogens with two attached hydrogens (primary N) is 2. The van der Waals surface area contributed by atoms with Gasteiger partial charge in [0.05, 0.1) is 0 Å². The number of thiophene rings is 1. The van der Waals surface area contributed by atoms with Crippen LogP contribution >= 0.6 is 11.3 Å². The first-order chi connectivity index (χ1) is 9.65. The fraction of sp³-hybridized carbons (Fsp3) is 0.308. The van der Waals surface area contributed by atoms with Gasteiger partial charge in [0.1, 0.15) is 18.1 Å². The van der Waals surface area contributed by atoms with Crippen LogP contribution in [0, 0.1) is 0 Å². The molecule has 1 aromatic heterocycles. The third kappa shape index (κ3) is 3.19. The second kappa shape index (κ2) is 6.56. The van der Waals surface area contributed by atoms with E-state index in [1.807, 2.05) is 0 Å². The summed E-state index contributed by atoms with van der Waals surface area (Å²) in [5.41, 5.74) is 10.8. The van der Waals surface area contributed by atoms with Crippen molar-refractivity contribution in [1.82, 2.24) is 0 Å². The Hall–Kier alpha value is -1.83. The topological polar surface area (TPSA) is 108 Å². The van der Waals surface area contributed by atoms with E-state index in [4.69, 9.17) is 26.0 Å². The van der Waals surface area contributed by atoms with E-state index >= 15 is 0 Å². The van der Waals surface area contributed by atoms with Crippen LogP contribution in [0.3, 0.4) is 0 Å². The third-order valence-electron chi connectivity index (χ3n) is 2.54. The minimum atomic E-state index is -0.944. The number of hydrogen-bond acceptors (Lipinski definition) is 6. The quantitative estimate of drug-likeness (QED) is 0.710. The highest BCUT2D eigenvalue weighted by atomic mass is 32.1. The number of benzene rings is 1. The minimum absolute atomic E-state index is 0.278. The van der Waals surface area contributed by atoms with Gasteiger partial charge in [-0.25, -0.2) is 4.79 Å². The first-order valence-electron chi connectivity index (χ1n) is 6.12. The monoisotopic (exact) mass is 296 g/mol. The summed E-state index contributed by atoms with van der Waals surface area (Å²) in [6.45, 7) is 1.50. The van der Waals surface area contributed by atoms with E-state index in [9.17, 15) is 4.79 Å². The second-order valence-corrected chi connectivity index (χ2v) is 5.11. The maximum atomic E-state index is 11.0. The van der Waals surface area contributed by atoms with Crippen molar-refractivity contribution in [3.8, 4) is 11.5 Å². The number of hydrogen-bond donors (Lipinski definition) is 3. The Labute approximate surface area is 119 Å². The average Bonchev–Trinajstić information content (AvgIpc) is 2.85. The zero-order chi connectivity index (χ0) is 14.5. The predicted octanol–water partition coefficient (Wildman–Crippen LogP) is 1.27. The molecule has 2 rings (SSSR count). The molecule has 0 aliphatic carbocycles. The maximum Gasteiger partial charge on any atom is 0.345 e. The van der Waals surface area contributed by atoms with Crippen LogP contribution in [0.25, 0.3) is 10.1 Å². The molecule has 0 amide bonds. The second-order valence-electron chi connectivity index (χ2n) is 4.03. The SMILES string of the molecule is NCCOc1cc2cc(C(=O)O)sc2cc1OCCN. The lowest BCUT2D eigenvalue weighted by Gasteiger charge is -2.12. The van der Waals surface area contributed by atoms with Crippen molar-refractivity contribution in [1.29, 1.82) is 0 Å². The molecule has 0 saturated heterocycles. The number of carboxylic acid groups (broad SMARTS) is 1. The van der Waals surface area contributed by atoms with E-state index in [0.29, 0.717) is 37.8 Å². The lowest BCUT2D eigenvalue weighted by Crippen LogP contribution is -2.13. The fourth-order valence-electron chi connectivity index (χ4n) is 1.72. The van der Waals surface area contributed by atoms with Crippen molar-refractivity contribution < 1.29 is 19.4 Å². The Bertz CT molecular complexity index is 567. The van der Waals surface area contributed by atoms with Gasteiger partial charge in [0.2, 0.25) is 0 Å². The van der Waals surface area contributed by atoms with E-state index in [2.05, 4.69) is 0 Å². The Balaban J connectivity index is 2.40. The van der Waals surface area contributed by atoms with Crippen LogP contribution in [0.4, 0.5) is 0 Å². The number of ether oxygens (including phenoxy) is 2. The average molecular weight is 296 g/mol. The summed E-state index contributed by atoms with van der Waals surface area (Å²) in [5.74, 6) is 0.154. The van der Waals surface area contributed by atoms with Gasteiger partial charge < -0.3 is 26.0 Å². The van der Waals surface area contributed by atoms with E-state index in [-0.39, 0.29) is 4.88 Å². The Morgan fingerprint density at radius 2 is 1.70 bits per heavy atom. The molecule has 2 aromatic rings. The number of fused-ring (bicyclic) bond motifs is 1. The van der Waals surface area contributed by atoms with Crippen LogP contribution in [0.15, 0.2) is 18.2 Å². The smallest absolute Gasteiger partial charge is 0.345 e. The summed E-state index contributed by atoms with van der Waals surface area (Å²) in [5, 5.41) is 9.83. The molecule has 0 aliphatic rings. The highest BCUT2D eigenvalue weighted by Crippen LogP contribution is 2.36. The molecule has 1 aromatic carbocycles. The van der Waals surface area contributed by atoms with Crippen molar-refractivity contribution in [3.63, 3.8) is 0 Å². The molecule has 7 heteroatoms. The first-order valence-corrected chi connectivity index (χ1v) is 6.94. The van der Waals surface area contributed by atoms with Crippen LogP contribution < -0.4 is 20.9 Å². The molecule has 1 heterocycles. The maximum absolute atomic E-state index is 11.0. The minimum Gasteiger partial charge on any atom is -0.488 e. The van der Waals surface area contributed by atoms with Gasteiger partial charge in [0.15, 0.2) is 11.5 Å². The molecule has 20 heavy (non-hydrogen) atoms. The van der Waals surface area contributed by atoms with E-state index in [1.54, 1.807) is 18.2 Å². The number of carboxylic acids is 1. The summed E-state index contributed by atoms with van der Waals surface area (Å²) in [6.07, 6.45) is 0. The Kier molecular flexibility index (Phi) is 4.78. The zero-order valence-corrected chi connectivity index (χ0v) is 11.6. The molecular weight excluding hydrogens is 280 g/mol. The molecule has 0 aliphatic heterocycles. The molecule has 0 radical (unpaired) electrons. The fourth-order valence-corrected chi connectivity index (χ4v) is 2.63. The van der Waals surface area contributed by atoms with Gasteiger partial charge in [0, 0.05) is 23.9 Å². The summed E-state index contributed by atoms with van der Waals surface area (Å²) in [6, 6.07) is 5.15. The van der Waals surface area contributed by atoms with E-state index < -0.39 is 5.97 Å². The van der Waals surface area contributed by atoms with Gasteiger partial charge >= 0.3 is 5.97 Å². The van der Waals surface area contributed by atoms with Crippen LogP contribution in [-0.2, 0) is 0 Å². The van der Waals surface area contributed by atoms with Crippen LogP contribution in [0.2, 0.25) is 0 Å². The van der Waals surface area contributed by atoms with Crippen molar-refractivity contribution >= 4 is 27.4 Å². The van der Waals surface area contributed by atoms with E-state index in [0.717, 1.165) is 10.1 Å². The van der Waals surface area contributed by atoms with Crippen molar-refractivity contribution in [2.45, 2.75) is 0 Å². The number of carbonyl (C=O) groups is 1. The van der Waals surface area contributed by atoms with Crippen LogP contribution in [-0.4, -0.2) is 37.4 Å².